The van der Waals surface area contributed by atoms with Gasteiger partial charge in [-0.3, -0.25) is 9.59 Å². The summed E-state index contributed by atoms with van der Waals surface area (Å²) in [6.07, 6.45) is -4.26. The van der Waals surface area contributed by atoms with Gasteiger partial charge in [-0.2, -0.15) is 13.2 Å². The number of carbonyl (C=O) groups is 2. The molecule has 6 N–H and O–H groups in total. The summed E-state index contributed by atoms with van der Waals surface area (Å²) in [6.45, 7) is -1.68. The van der Waals surface area contributed by atoms with Gasteiger partial charge >= 0.3 is 6.18 Å². The van der Waals surface area contributed by atoms with E-state index in [1.165, 1.54) is 18.2 Å². The molecule has 2 aromatic heterocycles. The van der Waals surface area contributed by atoms with E-state index in [2.05, 4.69) is 9.97 Å². The molecule has 1 aliphatic heterocycles. The molecule has 1 unspecified atom stereocenters. The van der Waals surface area contributed by atoms with Crippen molar-refractivity contribution in [1.29, 1.82) is 0 Å². The minimum Gasteiger partial charge on any atom is -0.489 e. The van der Waals surface area contributed by atoms with Crippen LogP contribution >= 0.6 is 11.3 Å². The largest absolute Gasteiger partial charge is 0.489 e. The normalized spacial score (nSPS) is 19.5. The molecule has 2 amide bonds. The summed E-state index contributed by atoms with van der Waals surface area (Å²) in [4.78, 5) is 33.6. The number of fused-ring (bicyclic) bond motifs is 2. The second-order valence-electron chi connectivity index (χ2n) is 10.5. The molecule has 0 spiro atoms. The van der Waals surface area contributed by atoms with Gasteiger partial charge in [-0.15, -0.1) is 0 Å². The zero-order chi connectivity index (χ0) is 30.9. The Labute approximate surface area is 243 Å². The standard InChI is InChI=1S/C28H22F5N5O4S/c29-15-5-1-12(2-6-15)20-22-16(26(11-42-22,24(34)40)14-3-4-14)9-19(37-20)27(41,28(31,32)33)10-36-23(39)13-7-17(30)21-18(8-13)43-25(35)38-21/h1-2,5-9,14,41H,3-4,10-11H2,(H2,34,40)(H2,35,38)(H,36,39)/t26-,27?/m0/s1. The van der Waals surface area contributed by atoms with Crippen LogP contribution in [0.4, 0.5) is 27.1 Å². The first kappa shape index (κ1) is 28.7. The Morgan fingerprint density at radius 1 is 1.12 bits per heavy atom. The number of primary amides is 1. The number of nitrogens with two attached hydrogens (primary N) is 2. The van der Waals surface area contributed by atoms with E-state index in [1.807, 2.05) is 5.32 Å². The molecule has 0 bridgehead atoms. The highest BCUT2D eigenvalue weighted by Crippen LogP contribution is 2.56. The highest BCUT2D eigenvalue weighted by atomic mass is 32.1. The number of rotatable bonds is 7. The van der Waals surface area contributed by atoms with E-state index in [1.54, 1.807) is 0 Å². The Bertz CT molecular complexity index is 1790. The Morgan fingerprint density at radius 3 is 2.44 bits per heavy atom. The van der Waals surface area contributed by atoms with Gasteiger partial charge in [0.25, 0.3) is 5.91 Å². The van der Waals surface area contributed by atoms with E-state index in [9.17, 15) is 36.6 Å². The second kappa shape index (κ2) is 9.84. The molecule has 2 aliphatic rings. The van der Waals surface area contributed by atoms with Gasteiger partial charge in [-0.05, 0) is 61.2 Å². The van der Waals surface area contributed by atoms with Crippen LogP contribution in [0, 0.1) is 17.6 Å². The minimum atomic E-state index is -5.41. The maximum absolute atomic E-state index is 14.7. The van der Waals surface area contributed by atoms with Crippen LogP contribution in [0.2, 0.25) is 0 Å². The number of aliphatic hydroxyl groups is 1. The van der Waals surface area contributed by atoms with Gasteiger partial charge in [-0.25, -0.2) is 18.7 Å². The number of benzene rings is 2. The molecule has 3 heterocycles. The maximum atomic E-state index is 14.7. The number of alkyl halides is 3. The number of hydrogen-bond donors (Lipinski definition) is 4. The summed E-state index contributed by atoms with van der Waals surface area (Å²) < 4.78 is 78.3. The smallest absolute Gasteiger partial charge is 0.424 e. The number of carbonyl (C=O) groups excluding carboxylic acids is 2. The predicted molar refractivity (Wildman–Crippen MR) is 145 cm³/mol. The fraction of sp³-hybridized carbons (Fsp3) is 0.286. The molecular weight excluding hydrogens is 597 g/mol. The number of nitrogen functional groups attached to an aromatic ring is 1. The fourth-order valence-corrected chi connectivity index (χ4v) is 6.18. The van der Waals surface area contributed by atoms with Crippen molar-refractivity contribution >= 4 is 38.5 Å². The number of nitrogens with zero attached hydrogens (tertiary/aromatic N) is 2. The van der Waals surface area contributed by atoms with Gasteiger partial charge in [0, 0.05) is 16.7 Å². The molecule has 224 valence electrons. The number of aromatic nitrogens is 2. The van der Waals surface area contributed by atoms with Crippen molar-refractivity contribution in [2.24, 2.45) is 11.7 Å². The number of hydrogen-bond acceptors (Lipinski definition) is 8. The zero-order valence-corrected chi connectivity index (χ0v) is 22.8. The Kier molecular flexibility index (Phi) is 6.58. The van der Waals surface area contributed by atoms with E-state index in [4.69, 9.17) is 16.2 Å². The summed E-state index contributed by atoms with van der Waals surface area (Å²) >= 11 is 0.878. The monoisotopic (exact) mass is 619 g/mol. The van der Waals surface area contributed by atoms with Crippen LogP contribution in [-0.4, -0.2) is 46.2 Å². The molecule has 15 heteroatoms. The number of pyridine rings is 1. The lowest BCUT2D eigenvalue weighted by atomic mass is 9.76. The maximum Gasteiger partial charge on any atom is 0.424 e. The molecule has 0 radical (unpaired) electrons. The lowest BCUT2D eigenvalue weighted by molar-refractivity contribution is -0.265. The zero-order valence-electron chi connectivity index (χ0n) is 22.0. The van der Waals surface area contributed by atoms with Crippen molar-refractivity contribution in [3.05, 3.63) is 70.9 Å². The number of anilines is 1. The molecule has 4 aromatic rings. The van der Waals surface area contributed by atoms with Crippen LogP contribution < -0.4 is 21.5 Å². The third kappa shape index (κ3) is 4.63. The average Bonchev–Trinajstić information content (AvgIpc) is 3.61. The molecule has 2 atom stereocenters. The van der Waals surface area contributed by atoms with Crippen molar-refractivity contribution in [3.8, 4) is 17.0 Å². The van der Waals surface area contributed by atoms with Gasteiger partial charge in [0.1, 0.15) is 34.8 Å². The minimum absolute atomic E-state index is 0.0103. The van der Waals surface area contributed by atoms with Crippen molar-refractivity contribution in [3.63, 3.8) is 0 Å². The Morgan fingerprint density at radius 2 is 1.81 bits per heavy atom. The lowest BCUT2D eigenvalue weighted by Gasteiger charge is -2.32. The number of halogens is 5. The van der Waals surface area contributed by atoms with E-state index < -0.39 is 52.9 Å². The highest BCUT2D eigenvalue weighted by molar-refractivity contribution is 7.22. The Balaban J connectivity index is 1.45. The van der Waals surface area contributed by atoms with Gasteiger partial charge in [0.2, 0.25) is 11.5 Å². The van der Waals surface area contributed by atoms with Crippen molar-refractivity contribution in [2.45, 2.75) is 30.0 Å². The summed E-state index contributed by atoms with van der Waals surface area (Å²) in [6, 6.07) is 7.58. The summed E-state index contributed by atoms with van der Waals surface area (Å²) in [5.41, 5.74) is 4.70. The summed E-state index contributed by atoms with van der Waals surface area (Å²) in [5.74, 6) is -3.79. The van der Waals surface area contributed by atoms with E-state index in [-0.39, 0.29) is 56.0 Å². The molecule has 6 rings (SSSR count). The van der Waals surface area contributed by atoms with Crippen LogP contribution in [-0.2, 0) is 15.8 Å². The first-order chi connectivity index (χ1) is 20.2. The van der Waals surface area contributed by atoms with Gasteiger partial charge in [0.05, 0.1) is 16.9 Å². The molecule has 43 heavy (non-hydrogen) atoms. The summed E-state index contributed by atoms with van der Waals surface area (Å²) in [5, 5.41) is 13.3. The topological polar surface area (TPSA) is 153 Å². The SMILES string of the molecule is NC(=O)[C@]1(C2CC2)COc2c1cc(C(O)(CNC(=O)c1cc(F)c3nc(N)sc3c1)C(F)(F)F)nc2-c1ccc(F)cc1. The van der Waals surface area contributed by atoms with E-state index >= 15 is 0 Å². The van der Waals surface area contributed by atoms with Gasteiger partial charge in [0.15, 0.2) is 10.9 Å². The van der Waals surface area contributed by atoms with Crippen LogP contribution in [0.25, 0.3) is 21.5 Å². The molecule has 2 aromatic carbocycles. The lowest BCUT2D eigenvalue weighted by Crippen LogP contribution is -2.52. The highest BCUT2D eigenvalue weighted by Gasteiger charge is 2.60. The molecule has 0 saturated heterocycles. The van der Waals surface area contributed by atoms with Crippen molar-refractivity contribution in [1.82, 2.24) is 15.3 Å². The van der Waals surface area contributed by atoms with Gasteiger partial charge < -0.3 is 26.6 Å². The first-order valence-electron chi connectivity index (χ1n) is 12.9. The number of ether oxygens (including phenoxy) is 1. The predicted octanol–water partition coefficient (Wildman–Crippen LogP) is 3.92. The second-order valence-corrected chi connectivity index (χ2v) is 11.6. The third-order valence-corrected chi connectivity index (χ3v) is 8.69. The van der Waals surface area contributed by atoms with Crippen LogP contribution in [0.15, 0.2) is 42.5 Å². The number of nitrogens with one attached hydrogen (secondary N) is 1. The van der Waals surface area contributed by atoms with Crippen LogP contribution in [0.3, 0.4) is 0 Å². The molecule has 1 saturated carbocycles. The Hall–Kier alpha value is -4.37. The number of amides is 2. The molecule has 9 nitrogen and oxygen atoms in total. The van der Waals surface area contributed by atoms with Crippen molar-refractivity contribution in [2.75, 3.05) is 18.9 Å². The summed E-state index contributed by atoms with van der Waals surface area (Å²) in [7, 11) is 0. The molecular formula is C28H22F5N5O4S. The van der Waals surface area contributed by atoms with Gasteiger partial charge in [-0.1, -0.05) is 11.3 Å². The quantitative estimate of drug-likeness (QED) is 0.229. The van der Waals surface area contributed by atoms with E-state index in [0.29, 0.717) is 12.8 Å². The molecule has 1 fully saturated rings. The van der Waals surface area contributed by atoms with E-state index in [0.717, 1.165) is 35.6 Å². The average molecular weight is 620 g/mol. The van der Waals surface area contributed by atoms with Crippen LogP contribution in [0.1, 0.15) is 34.5 Å². The van der Waals surface area contributed by atoms with Crippen molar-refractivity contribution < 1.29 is 41.4 Å². The third-order valence-electron chi connectivity index (χ3n) is 7.85. The fourth-order valence-electron chi connectivity index (χ4n) is 5.39. The number of thiazole rings is 1. The van der Waals surface area contributed by atoms with Crippen LogP contribution in [0.5, 0.6) is 5.75 Å². The first-order valence-corrected chi connectivity index (χ1v) is 13.7. The molecule has 1 aliphatic carbocycles.